The number of amides is 1. The highest BCUT2D eigenvalue weighted by Gasteiger charge is 2.25. The van der Waals surface area contributed by atoms with Crippen molar-refractivity contribution in [1.29, 1.82) is 0 Å². The van der Waals surface area contributed by atoms with Crippen LogP contribution in [0.5, 0.6) is 0 Å². The lowest BCUT2D eigenvalue weighted by Crippen LogP contribution is -2.28. The highest BCUT2D eigenvalue weighted by atomic mass is 16.1. The van der Waals surface area contributed by atoms with Crippen molar-refractivity contribution in [2.24, 2.45) is 5.92 Å². The summed E-state index contributed by atoms with van der Waals surface area (Å²) in [5.41, 5.74) is 1.84. The van der Waals surface area contributed by atoms with E-state index < -0.39 is 0 Å². The molecule has 4 rings (SSSR count). The van der Waals surface area contributed by atoms with Gasteiger partial charge in [0.1, 0.15) is 30.5 Å². The summed E-state index contributed by atoms with van der Waals surface area (Å²) in [4.78, 5) is 27.5. The first-order valence-corrected chi connectivity index (χ1v) is 9.56. The fourth-order valence-corrected chi connectivity index (χ4v) is 3.09. The van der Waals surface area contributed by atoms with Gasteiger partial charge in [-0.25, -0.2) is 19.6 Å². The monoisotopic (exact) mass is 377 g/mol. The van der Waals surface area contributed by atoms with Gasteiger partial charge in [0.15, 0.2) is 0 Å². The molecule has 8 nitrogen and oxygen atoms in total. The van der Waals surface area contributed by atoms with Crippen LogP contribution in [0.4, 0.5) is 11.5 Å². The Balaban J connectivity index is 1.50. The summed E-state index contributed by atoms with van der Waals surface area (Å²) in [5.74, 6) is 1.30. The van der Waals surface area contributed by atoms with Crippen LogP contribution in [-0.4, -0.2) is 43.7 Å². The normalized spacial score (nSPS) is 13.3. The summed E-state index contributed by atoms with van der Waals surface area (Å²) in [7, 11) is 0. The molecule has 0 unspecified atom stereocenters. The fourth-order valence-electron chi connectivity index (χ4n) is 3.09. The molecule has 0 aliphatic heterocycles. The van der Waals surface area contributed by atoms with E-state index in [1.807, 2.05) is 24.3 Å². The number of nitrogens with zero attached hydrogens (tertiary/aromatic N) is 6. The maximum absolute atomic E-state index is 12.7. The van der Waals surface area contributed by atoms with Gasteiger partial charge in [0.2, 0.25) is 0 Å². The van der Waals surface area contributed by atoms with Crippen molar-refractivity contribution in [2.45, 2.75) is 26.2 Å². The van der Waals surface area contributed by atoms with Gasteiger partial charge in [-0.1, -0.05) is 13.0 Å². The van der Waals surface area contributed by atoms with Crippen molar-refractivity contribution < 1.29 is 4.79 Å². The molecule has 0 bridgehead atoms. The Morgan fingerprint density at radius 2 is 2.14 bits per heavy atom. The molecule has 8 heteroatoms. The molecule has 1 aliphatic rings. The van der Waals surface area contributed by atoms with Crippen LogP contribution < -0.4 is 10.2 Å². The Morgan fingerprint density at radius 1 is 1.25 bits per heavy atom. The largest absolute Gasteiger partial charge is 0.356 e. The summed E-state index contributed by atoms with van der Waals surface area (Å²) in [5, 5.41) is 7.01. The first-order valence-electron chi connectivity index (χ1n) is 9.56. The zero-order valence-electron chi connectivity index (χ0n) is 15.8. The number of carbonyl (C=O) groups is 1. The first kappa shape index (κ1) is 18.1. The van der Waals surface area contributed by atoms with Crippen molar-refractivity contribution in [3.63, 3.8) is 0 Å². The van der Waals surface area contributed by atoms with Crippen molar-refractivity contribution in [3.05, 3.63) is 55.0 Å². The van der Waals surface area contributed by atoms with Gasteiger partial charge in [-0.2, -0.15) is 5.10 Å². The predicted molar refractivity (Wildman–Crippen MR) is 107 cm³/mol. The van der Waals surface area contributed by atoms with Crippen LogP contribution in [0.25, 0.3) is 5.69 Å². The maximum atomic E-state index is 12.7. The molecule has 1 fully saturated rings. The average Bonchev–Trinajstić information content (AvgIpc) is 3.37. The van der Waals surface area contributed by atoms with E-state index in [1.165, 1.54) is 25.5 Å². The molecule has 2 aromatic heterocycles. The molecular weight excluding hydrogens is 354 g/mol. The van der Waals surface area contributed by atoms with Crippen LogP contribution >= 0.6 is 0 Å². The quantitative estimate of drug-likeness (QED) is 0.649. The van der Waals surface area contributed by atoms with Gasteiger partial charge in [-0.3, -0.25) is 4.79 Å². The van der Waals surface area contributed by atoms with E-state index in [9.17, 15) is 4.79 Å². The van der Waals surface area contributed by atoms with E-state index in [1.54, 1.807) is 17.1 Å². The van der Waals surface area contributed by atoms with Gasteiger partial charge < -0.3 is 10.2 Å². The molecule has 0 spiro atoms. The van der Waals surface area contributed by atoms with E-state index in [0.29, 0.717) is 11.4 Å². The number of carbonyl (C=O) groups excluding carboxylic acids is 1. The number of nitrogens with one attached hydrogen (secondary N) is 1. The Bertz CT molecular complexity index is 937. The lowest BCUT2D eigenvalue weighted by molar-refractivity contribution is 0.102. The van der Waals surface area contributed by atoms with E-state index in [4.69, 9.17) is 0 Å². The third-order valence-electron chi connectivity index (χ3n) is 4.67. The standard InChI is InChI=1S/C20H23N7O/c1-2-8-26(11-15-6-7-15)19-10-18(22-13-23-19)20(28)25-16-4-3-5-17(9-16)27-14-21-12-24-27/h3-5,9-10,12-15H,2,6-8,11H2,1H3,(H,25,28). The number of benzene rings is 1. The molecule has 0 atom stereocenters. The van der Waals surface area contributed by atoms with Gasteiger partial charge >= 0.3 is 0 Å². The Labute approximate surface area is 163 Å². The maximum Gasteiger partial charge on any atom is 0.274 e. The lowest BCUT2D eigenvalue weighted by atomic mass is 10.2. The number of hydrogen-bond donors (Lipinski definition) is 1. The van der Waals surface area contributed by atoms with Gasteiger partial charge in [-0.05, 0) is 43.4 Å². The van der Waals surface area contributed by atoms with Gasteiger partial charge in [0, 0.05) is 24.8 Å². The van der Waals surface area contributed by atoms with Crippen LogP contribution in [0, 0.1) is 5.92 Å². The van der Waals surface area contributed by atoms with E-state index in [2.05, 4.69) is 37.2 Å². The molecule has 1 saturated carbocycles. The Morgan fingerprint density at radius 3 is 2.89 bits per heavy atom. The summed E-state index contributed by atoms with van der Waals surface area (Å²) in [6.07, 6.45) is 8.14. The highest BCUT2D eigenvalue weighted by Crippen LogP contribution is 2.31. The van der Waals surface area contributed by atoms with Crippen LogP contribution in [0.15, 0.2) is 49.3 Å². The predicted octanol–water partition coefficient (Wildman–Crippen LogP) is 2.94. The number of anilines is 2. The summed E-state index contributed by atoms with van der Waals surface area (Å²) in [6, 6.07) is 9.20. The number of aromatic nitrogens is 5. The molecule has 144 valence electrons. The molecule has 28 heavy (non-hydrogen) atoms. The minimum Gasteiger partial charge on any atom is -0.356 e. The smallest absolute Gasteiger partial charge is 0.274 e. The van der Waals surface area contributed by atoms with Gasteiger partial charge in [-0.15, -0.1) is 0 Å². The third-order valence-corrected chi connectivity index (χ3v) is 4.67. The van der Waals surface area contributed by atoms with Crippen molar-refractivity contribution in [1.82, 2.24) is 24.7 Å². The zero-order chi connectivity index (χ0) is 19.3. The molecule has 1 N–H and O–H groups in total. The molecule has 2 heterocycles. The topological polar surface area (TPSA) is 88.8 Å². The molecular formula is C20H23N7O. The van der Waals surface area contributed by atoms with Crippen LogP contribution in [0.3, 0.4) is 0 Å². The van der Waals surface area contributed by atoms with E-state index in [0.717, 1.165) is 36.9 Å². The molecule has 1 amide bonds. The summed E-state index contributed by atoms with van der Waals surface area (Å²) < 4.78 is 1.64. The molecule has 1 aromatic carbocycles. The van der Waals surface area contributed by atoms with Gasteiger partial charge in [0.25, 0.3) is 5.91 Å². The molecule has 3 aromatic rings. The fraction of sp³-hybridized carbons (Fsp3) is 0.350. The number of rotatable bonds is 8. The van der Waals surface area contributed by atoms with Crippen molar-refractivity contribution in [2.75, 3.05) is 23.3 Å². The zero-order valence-corrected chi connectivity index (χ0v) is 15.8. The van der Waals surface area contributed by atoms with Gasteiger partial charge in [0.05, 0.1) is 5.69 Å². The first-order chi connectivity index (χ1) is 13.7. The van der Waals surface area contributed by atoms with Crippen molar-refractivity contribution >= 4 is 17.4 Å². The Kier molecular flexibility index (Phi) is 5.27. The van der Waals surface area contributed by atoms with E-state index in [-0.39, 0.29) is 5.91 Å². The second-order valence-electron chi connectivity index (χ2n) is 7.00. The van der Waals surface area contributed by atoms with Crippen LogP contribution in [0.1, 0.15) is 36.7 Å². The SMILES string of the molecule is CCCN(CC1CC1)c1cc(C(=O)Nc2cccc(-n3cncn3)c2)ncn1. The number of hydrogen-bond acceptors (Lipinski definition) is 6. The third kappa shape index (κ3) is 4.33. The lowest BCUT2D eigenvalue weighted by Gasteiger charge is -2.23. The highest BCUT2D eigenvalue weighted by molar-refractivity contribution is 6.03. The Hall–Kier alpha value is -3.29. The molecule has 0 saturated heterocycles. The minimum atomic E-state index is -0.262. The van der Waals surface area contributed by atoms with Crippen LogP contribution in [0.2, 0.25) is 0 Å². The summed E-state index contributed by atoms with van der Waals surface area (Å²) in [6.45, 7) is 4.07. The van der Waals surface area contributed by atoms with Crippen LogP contribution in [-0.2, 0) is 0 Å². The van der Waals surface area contributed by atoms with E-state index >= 15 is 0 Å². The average molecular weight is 377 g/mol. The summed E-state index contributed by atoms with van der Waals surface area (Å²) >= 11 is 0. The second kappa shape index (κ2) is 8.16. The second-order valence-corrected chi connectivity index (χ2v) is 7.00. The van der Waals surface area contributed by atoms with Crippen molar-refractivity contribution in [3.8, 4) is 5.69 Å². The molecule has 0 radical (unpaired) electrons. The minimum absolute atomic E-state index is 0.262. The molecule has 1 aliphatic carbocycles.